The number of hydrogen-bond donors (Lipinski definition) is 0. The molecule has 1 aromatic heterocycles. The molecule has 0 spiro atoms. The maximum atomic E-state index is 13.3. The van der Waals surface area contributed by atoms with Crippen molar-refractivity contribution in [2.75, 3.05) is 13.7 Å². The molecule has 0 N–H and O–H groups in total. The van der Waals surface area contributed by atoms with Crippen LogP contribution in [-0.2, 0) is 0 Å². The summed E-state index contributed by atoms with van der Waals surface area (Å²) in [4.78, 5) is 32.4. The second-order valence-electron chi connectivity index (χ2n) is 7.91. The molecule has 6 nitrogen and oxygen atoms in total. The van der Waals surface area contributed by atoms with Gasteiger partial charge in [0.25, 0.3) is 11.5 Å². The molecular formula is C26H23N3O3. The largest absolute Gasteiger partial charge is 0.497 e. The number of fused-ring (bicyclic) bond motifs is 1. The van der Waals surface area contributed by atoms with Crippen molar-refractivity contribution in [1.29, 1.82) is 0 Å². The Morgan fingerprint density at radius 1 is 1.00 bits per heavy atom. The fraction of sp³-hybridized carbons (Fsp3) is 0.192. The van der Waals surface area contributed by atoms with Gasteiger partial charge in [0.15, 0.2) is 0 Å². The monoisotopic (exact) mass is 425 g/mol. The van der Waals surface area contributed by atoms with Gasteiger partial charge in [0.2, 0.25) is 0 Å². The number of aromatic nitrogens is 2. The van der Waals surface area contributed by atoms with Gasteiger partial charge in [0.05, 0.1) is 29.7 Å². The smallest absolute Gasteiger partial charge is 0.265 e. The lowest BCUT2D eigenvalue weighted by Gasteiger charge is -2.25. The normalized spacial score (nSPS) is 15.8. The summed E-state index contributed by atoms with van der Waals surface area (Å²) >= 11 is 0. The molecular weight excluding hydrogens is 402 g/mol. The number of carbonyl (C=O) groups is 1. The first kappa shape index (κ1) is 20.0. The Morgan fingerprint density at radius 2 is 1.75 bits per heavy atom. The van der Waals surface area contributed by atoms with Crippen LogP contribution in [0, 0.1) is 0 Å². The highest BCUT2D eigenvalue weighted by Crippen LogP contribution is 2.34. The van der Waals surface area contributed by atoms with Crippen molar-refractivity contribution in [3.8, 4) is 11.4 Å². The third-order valence-corrected chi connectivity index (χ3v) is 6.07. The van der Waals surface area contributed by atoms with Gasteiger partial charge in [-0.1, -0.05) is 24.3 Å². The number of methoxy groups -OCH3 is 1. The number of rotatable bonds is 4. The lowest BCUT2D eigenvalue weighted by Crippen LogP contribution is -2.30. The second-order valence-corrected chi connectivity index (χ2v) is 7.91. The summed E-state index contributed by atoms with van der Waals surface area (Å²) in [5.41, 5.74) is 2.93. The van der Waals surface area contributed by atoms with E-state index in [1.165, 1.54) is 10.9 Å². The molecule has 1 aliphatic heterocycles. The fourth-order valence-corrected chi connectivity index (χ4v) is 4.37. The molecule has 1 fully saturated rings. The summed E-state index contributed by atoms with van der Waals surface area (Å²) in [5.74, 6) is 0.803. The molecule has 6 heteroatoms. The van der Waals surface area contributed by atoms with E-state index in [0.717, 1.165) is 30.7 Å². The molecule has 1 atom stereocenters. The number of para-hydroxylation sites is 1. The second kappa shape index (κ2) is 8.30. The average Bonchev–Trinajstić information content (AvgIpc) is 3.34. The van der Waals surface area contributed by atoms with Gasteiger partial charge in [0, 0.05) is 12.1 Å². The lowest BCUT2D eigenvalue weighted by atomic mass is 10.0. The zero-order valence-electron chi connectivity index (χ0n) is 17.8. The third kappa shape index (κ3) is 3.54. The van der Waals surface area contributed by atoms with E-state index in [-0.39, 0.29) is 17.5 Å². The van der Waals surface area contributed by atoms with Crippen LogP contribution in [0.4, 0.5) is 0 Å². The van der Waals surface area contributed by atoms with Gasteiger partial charge >= 0.3 is 0 Å². The summed E-state index contributed by atoms with van der Waals surface area (Å²) in [6.45, 7) is 0.728. The van der Waals surface area contributed by atoms with Crippen molar-refractivity contribution in [3.05, 3.63) is 101 Å². The van der Waals surface area contributed by atoms with Gasteiger partial charge in [-0.15, -0.1) is 0 Å². The maximum absolute atomic E-state index is 13.3. The van der Waals surface area contributed by atoms with E-state index in [4.69, 9.17) is 4.74 Å². The molecule has 160 valence electrons. The van der Waals surface area contributed by atoms with E-state index >= 15 is 0 Å². The number of hydrogen-bond acceptors (Lipinski definition) is 4. The molecule has 2 heterocycles. The average molecular weight is 425 g/mol. The van der Waals surface area contributed by atoms with Gasteiger partial charge in [0.1, 0.15) is 12.1 Å². The molecule has 0 saturated carbocycles. The Kier molecular flexibility index (Phi) is 5.19. The Bertz CT molecular complexity index is 1330. The maximum Gasteiger partial charge on any atom is 0.265 e. The van der Waals surface area contributed by atoms with Crippen LogP contribution in [0.15, 0.2) is 83.9 Å². The molecule has 1 saturated heterocycles. The number of nitrogens with zero attached hydrogens (tertiary/aromatic N) is 3. The molecule has 1 unspecified atom stereocenters. The van der Waals surface area contributed by atoms with Crippen molar-refractivity contribution in [1.82, 2.24) is 14.5 Å². The van der Waals surface area contributed by atoms with Crippen molar-refractivity contribution >= 4 is 16.8 Å². The summed E-state index contributed by atoms with van der Waals surface area (Å²) in [7, 11) is 1.64. The van der Waals surface area contributed by atoms with Crippen LogP contribution in [0.1, 0.15) is 34.8 Å². The molecule has 4 aromatic rings. The van der Waals surface area contributed by atoms with Gasteiger partial charge < -0.3 is 9.64 Å². The van der Waals surface area contributed by atoms with E-state index in [2.05, 4.69) is 4.98 Å². The molecule has 0 aliphatic carbocycles. The quantitative estimate of drug-likeness (QED) is 0.487. The summed E-state index contributed by atoms with van der Waals surface area (Å²) in [6.07, 6.45) is 3.44. The minimum absolute atomic E-state index is 0.00106. The predicted octanol–water partition coefficient (Wildman–Crippen LogP) is 4.37. The van der Waals surface area contributed by atoms with E-state index < -0.39 is 0 Å². The Labute approximate surface area is 185 Å². The zero-order chi connectivity index (χ0) is 22.1. The molecule has 1 amide bonds. The Hall–Kier alpha value is -3.93. The highest BCUT2D eigenvalue weighted by molar-refractivity contribution is 5.95. The molecule has 32 heavy (non-hydrogen) atoms. The van der Waals surface area contributed by atoms with Gasteiger partial charge in [-0.25, -0.2) is 4.98 Å². The van der Waals surface area contributed by atoms with Crippen LogP contribution in [0.3, 0.4) is 0 Å². The highest BCUT2D eigenvalue weighted by atomic mass is 16.5. The lowest BCUT2D eigenvalue weighted by molar-refractivity contribution is 0.0735. The predicted molar refractivity (Wildman–Crippen MR) is 123 cm³/mol. The molecule has 0 bridgehead atoms. The van der Waals surface area contributed by atoms with Gasteiger partial charge in [-0.3, -0.25) is 14.2 Å². The molecule has 3 aromatic carbocycles. The van der Waals surface area contributed by atoms with Crippen LogP contribution in [0.25, 0.3) is 16.6 Å². The number of carbonyl (C=O) groups excluding carboxylic acids is 1. The molecule has 1 aliphatic rings. The van der Waals surface area contributed by atoms with Crippen LogP contribution in [0.5, 0.6) is 5.75 Å². The van der Waals surface area contributed by atoms with E-state index in [1.54, 1.807) is 37.4 Å². The van der Waals surface area contributed by atoms with Crippen molar-refractivity contribution in [2.45, 2.75) is 18.9 Å². The number of benzene rings is 3. The Morgan fingerprint density at radius 3 is 2.50 bits per heavy atom. The fourth-order valence-electron chi connectivity index (χ4n) is 4.37. The van der Waals surface area contributed by atoms with Crippen LogP contribution >= 0.6 is 0 Å². The van der Waals surface area contributed by atoms with E-state index in [0.29, 0.717) is 22.2 Å². The van der Waals surface area contributed by atoms with Crippen molar-refractivity contribution < 1.29 is 9.53 Å². The zero-order valence-corrected chi connectivity index (χ0v) is 17.8. The van der Waals surface area contributed by atoms with Crippen LogP contribution in [0.2, 0.25) is 0 Å². The van der Waals surface area contributed by atoms with Crippen LogP contribution in [-0.4, -0.2) is 34.0 Å². The van der Waals surface area contributed by atoms with Gasteiger partial charge in [-0.05, 0) is 66.9 Å². The Balaban J connectivity index is 1.40. The third-order valence-electron chi connectivity index (χ3n) is 6.07. The van der Waals surface area contributed by atoms with Crippen molar-refractivity contribution in [2.24, 2.45) is 0 Å². The number of ether oxygens (including phenoxy) is 1. The first-order valence-electron chi connectivity index (χ1n) is 10.7. The summed E-state index contributed by atoms with van der Waals surface area (Å²) in [6, 6.07) is 22.4. The molecule has 0 radical (unpaired) electrons. The van der Waals surface area contributed by atoms with Crippen molar-refractivity contribution in [3.63, 3.8) is 0 Å². The summed E-state index contributed by atoms with van der Waals surface area (Å²) in [5, 5.41) is 0.564. The topological polar surface area (TPSA) is 64.4 Å². The molecule has 5 rings (SSSR count). The standard InChI is InChI=1S/C26H23N3O3/c1-32-21-14-10-18(11-15-21)24-7-4-16-28(24)25(30)19-8-12-20(13-9-19)29-17-27-23-6-3-2-5-22(23)26(29)31/h2-3,5-6,8-15,17,24H,4,7,16H2,1H3. The highest BCUT2D eigenvalue weighted by Gasteiger charge is 2.30. The van der Waals surface area contributed by atoms with E-state index in [1.807, 2.05) is 47.4 Å². The minimum atomic E-state index is -0.131. The van der Waals surface area contributed by atoms with E-state index in [9.17, 15) is 9.59 Å². The minimum Gasteiger partial charge on any atom is -0.497 e. The number of likely N-dealkylation sites (tertiary alicyclic amines) is 1. The summed E-state index contributed by atoms with van der Waals surface area (Å²) < 4.78 is 6.75. The number of amides is 1. The first-order chi connectivity index (χ1) is 15.7. The SMILES string of the molecule is COc1ccc(C2CCCN2C(=O)c2ccc(-n3cnc4ccccc4c3=O)cc2)cc1. The first-order valence-corrected chi connectivity index (χ1v) is 10.7. The van der Waals surface area contributed by atoms with Gasteiger partial charge in [-0.2, -0.15) is 0 Å². The van der Waals surface area contributed by atoms with Crippen LogP contribution < -0.4 is 10.3 Å².